The fraction of sp³-hybridized carbons (Fsp3) is 0.230. The summed E-state index contributed by atoms with van der Waals surface area (Å²) >= 11 is 4.20. The molecule has 0 aliphatic heterocycles. The van der Waals surface area contributed by atoms with E-state index in [1.807, 2.05) is 150 Å². The molecule has 1 aliphatic carbocycles. The molecule has 4 unspecified atom stereocenters. The predicted molar refractivity (Wildman–Crippen MR) is 497 cm³/mol. The number of benzene rings is 10. The van der Waals surface area contributed by atoms with Gasteiger partial charge in [-0.05, 0) is 224 Å². The number of aliphatic hydroxyl groups is 1. The Balaban J connectivity index is 0.000000131. The zero-order valence-corrected chi connectivity index (χ0v) is 73.9. The summed E-state index contributed by atoms with van der Waals surface area (Å²) in [5.41, 5.74) is 11.9. The third-order valence-electron chi connectivity index (χ3n) is 24.1. The number of thiazole rings is 3. The van der Waals surface area contributed by atoms with E-state index in [2.05, 4.69) is 119 Å². The Bertz CT molecular complexity index is 6660. The predicted octanol–water partition coefficient (Wildman–Crippen LogP) is 22.0. The van der Waals surface area contributed by atoms with Crippen LogP contribution in [0, 0.1) is 46.4 Å². The van der Waals surface area contributed by atoms with Gasteiger partial charge in [0.2, 0.25) is 23.6 Å². The van der Waals surface area contributed by atoms with Crippen molar-refractivity contribution in [2.24, 2.45) is 16.2 Å². The third-order valence-corrected chi connectivity index (χ3v) is 26.1. The van der Waals surface area contributed by atoms with E-state index < -0.39 is 27.8 Å². The molecule has 127 heavy (non-hydrogen) atoms. The van der Waals surface area contributed by atoms with Gasteiger partial charge in [0.25, 0.3) is 0 Å². The van der Waals surface area contributed by atoms with Crippen molar-refractivity contribution in [3.8, 4) is 22.7 Å². The molecule has 10 aromatic carbocycles. The average molecular weight is 1760 g/mol. The number of carbonyl (C=O) groups is 4. The van der Waals surface area contributed by atoms with Crippen molar-refractivity contribution in [1.82, 2.24) is 59.4 Å². The second kappa shape index (κ2) is 38.2. The molecule has 4 amide bonds. The maximum atomic E-state index is 13.6. The van der Waals surface area contributed by atoms with Crippen molar-refractivity contribution in [2.75, 3.05) is 16.0 Å². The first-order valence-electron chi connectivity index (χ1n) is 41.7. The van der Waals surface area contributed by atoms with Crippen LogP contribution in [0.4, 0.5) is 33.0 Å². The normalized spacial score (nSPS) is 14.0. The molecule has 1 saturated carbocycles. The topological polar surface area (TPSA) is 247 Å². The number of hydrogen-bond acceptors (Lipinski definition) is 15. The number of rotatable bonds is 23. The molecule has 7 aromatic heterocycles. The molecule has 17 aromatic rings. The number of nitrogens with zero attached hydrogens (tertiary/aromatic N) is 11. The van der Waals surface area contributed by atoms with E-state index >= 15 is 0 Å². The summed E-state index contributed by atoms with van der Waals surface area (Å²) in [6.45, 7) is 17.9. The molecule has 18 rings (SSSR count). The summed E-state index contributed by atoms with van der Waals surface area (Å²) in [7, 11) is 0. The summed E-state index contributed by atoms with van der Waals surface area (Å²) in [6, 6.07) is 67.5. The Morgan fingerprint density at radius 2 is 0.882 bits per heavy atom. The molecule has 0 spiro atoms. The van der Waals surface area contributed by atoms with Crippen molar-refractivity contribution in [3.63, 3.8) is 0 Å². The monoisotopic (exact) mass is 1760 g/mol. The molecule has 27 heteroatoms. The van der Waals surface area contributed by atoms with Gasteiger partial charge < -0.3 is 26.4 Å². The van der Waals surface area contributed by atoms with Crippen LogP contribution in [0.25, 0.3) is 66.4 Å². The second-order valence-electron chi connectivity index (χ2n) is 33.9. The van der Waals surface area contributed by atoms with Crippen molar-refractivity contribution < 1.29 is 41.8 Å². The van der Waals surface area contributed by atoms with E-state index in [9.17, 15) is 41.8 Å². The molecule has 20 nitrogen and oxygen atoms in total. The van der Waals surface area contributed by atoms with Crippen LogP contribution in [0.2, 0.25) is 0 Å². The lowest BCUT2D eigenvalue weighted by atomic mass is 9.63. The fourth-order valence-electron chi connectivity index (χ4n) is 15.8. The zero-order chi connectivity index (χ0) is 89.3. The van der Waals surface area contributed by atoms with Gasteiger partial charge in [-0.1, -0.05) is 134 Å². The van der Waals surface area contributed by atoms with Crippen LogP contribution >= 0.6 is 34.0 Å². The first kappa shape index (κ1) is 88.4. The van der Waals surface area contributed by atoms with Gasteiger partial charge in [0, 0.05) is 85.4 Å². The summed E-state index contributed by atoms with van der Waals surface area (Å²) in [4.78, 5) is 64.5. The minimum Gasteiger partial charge on any atom is -0.391 e. The fourth-order valence-corrected chi connectivity index (χ4v) is 17.4. The zero-order valence-electron chi connectivity index (χ0n) is 71.4. The maximum Gasteiger partial charge on any atom is 0.232 e. The van der Waals surface area contributed by atoms with Gasteiger partial charge in [-0.15, -0.1) is 34.0 Å². The number of aryl methyl sites for hydroxylation is 1. The van der Waals surface area contributed by atoms with E-state index in [0.717, 1.165) is 125 Å². The van der Waals surface area contributed by atoms with Crippen LogP contribution in [-0.4, -0.2) is 95.0 Å². The Morgan fingerprint density at radius 3 is 1.35 bits per heavy atom. The molecule has 0 radical (unpaired) electrons. The van der Waals surface area contributed by atoms with Gasteiger partial charge in [0.1, 0.15) is 23.3 Å². The molecule has 4 atom stereocenters. The first-order valence-corrected chi connectivity index (χ1v) is 44.3. The number of halogens is 4. The lowest BCUT2D eigenvalue weighted by Gasteiger charge is -2.40. The smallest absolute Gasteiger partial charge is 0.232 e. The number of aliphatic hydroxyl groups excluding tert-OH is 1. The molecule has 0 saturated heterocycles. The quantitative estimate of drug-likeness (QED) is 0.0375. The van der Waals surface area contributed by atoms with Crippen molar-refractivity contribution >= 4 is 117 Å². The molecule has 7 heterocycles. The Kier molecular flexibility index (Phi) is 26.6. The first-order chi connectivity index (χ1) is 61.0. The van der Waals surface area contributed by atoms with Crippen LogP contribution < -0.4 is 21.3 Å². The van der Waals surface area contributed by atoms with Crippen LogP contribution in [0.3, 0.4) is 0 Å². The number of carbonyl (C=O) groups excluding carboxylic acids is 4. The largest absolute Gasteiger partial charge is 0.391 e. The molecular weight excluding hydrogens is 1660 g/mol. The van der Waals surface area contributed by atoms with Crippen molar-refractivity contribution in [2.45, 2.75) is 130 Å². The lowest BCUT2D eigenvalue weighted by Crippen LogP contribution is -2.48. The highest BCUT2D eigenvalue weighted by atomic mass is 32.1. The van der Waals surface area contributed by atoms with E-state index in [0.29, 0.717) is 34.7 Å². The summed E-state index contributed by atoms with van der Waals surface area (Å²) < 4.78 is 60.4. The highest BCUT2D eigenvalue weighted by Crippen LogP contribution is 2.45. The molecule has 5 N–H and O–H groups in total. The van der Waals surface area contributed by atoms with E-state index in [-0.39, 0.29) is 64.8 Å². The molecule has 646 valence electrons. The van der Waals surface area contributed by atoms with Crippen molar-refractivity contribution in [3.05, 3.63) is 346 Å². The van der Waals surface area contributed by atoms with Gasteiger partial charge in [0.15, 0.2) is 15.4 Å². The summed E-state index contributed by atoms with van der Waals surface area (Å²) in [6.07, 6.45) is 15.8. The molecule has 1 fully saturated rings. The number of aromatic nitrogens is 11. The highest BCUT2D eigenvalue weighted by Gasteiger charge is 2.45. The number of anilines is 3. The SMILES string of the molecule is CC(C)(C(=O)NC1CCCC1O)C(Cc1ccccc1)c1ccc2c(cnn2-c2ccc(F)cc2)c1.CC(C)(C(=O)Nc1nccs1)C(C)(C)c1ccc2c(cnn2-c2ccc(F)cc2)c1.Cc1cc2c(cnn2-c2ccc(F)cc2)cc1CC(C)(C)C(=O)Nc1nccs1.O=C(CC(c1ccccc1)c1ccc2c(cnn2-c2ccc(F)cc2)c1)Nc1nccs1. The van der Waals surface area contributed by atoms with E-state index in [1.54, 1.807) is 104 Å². The van der Waals surface area contributed by atoms with E-state index in [1.165, 1.54) is 82.5 Å². The second-order valence-corrected chi connectivity index (χ2v) is 36.6. The number of amides is 4. The minimum absolute atomic E-state index is 0.0449. The minimum atomic E-state index is -0.723. The van der Waals surface area contributed by atoms with Gasteiger partial charge in [-0.3, -0.25) is 19.2 Å². The van der Waals surface area contributed by atoms with Gasteiger partial charge in [-0.25, -0.2) is 51.2 Å². The third kappa shape index (κ3) is 20.3. The van der Waals surface area contributed by atoms with Gasteiger partial charge >= 0.3 is 0 Å². The average Bonchev–Trinajstić information content (AvgIpc) is 1.74. The van der Waals surface area contributed by atoms with Gasteiger partial charge in [-0.2, -0.15) is 20.4 Å². The highest BCUT2D eigenvalue weighted by molar-refractivity contribution is 7.14. The lowest BCUT2D eigenvalue weighted by molar-refractivity contribution is -0.132. The maximum absolute atomic E-state index is 13.6. The van der Waals surface area contributed by atoms with Gasteiger partial charge in [0.05, 0.1) is 92.6 Å². The molecule has 0 bridgehead atoms. The van der Waals surface area contributed by atoms with Crippen LogP contribution in [0.5, 0.6) is 0 Å². The summed E-state index contributed by atoms with van der Waals surface area (Å²) in [5, 5.41) is 51.2. The standard InChI is InChI=1S/C30H32FN3O2.C25H19FN4OS.C23H23FN4OS.C22H21FN4OS/c1-30(2,29(36)33-26-9-6-10-28(26)35)25(17-20-7-4-3-5-8-20)21-11-16-27-22(18-21)19-32-34(27)24-14-12-23(31)13-15-24;26-20-7-9-21(10-8-20)30-23-11-6-18(14-19(23)16-28-30)22(17-4-2-1-3-5-17)15-24(31)29-25-27-12-13-32-25;1-22(2,23(3,4)20(29)27-21-25-11-12-30-21)16-5-10-19-15(13-16)14-26-28(19)18-8-6-17(24)7-9-18;1-14-10-19-16(13-25-27(19)18-6-4-17(23)5-7-18)11-15(14)12-22(2,3)20(28)26-21-24-8-9-29-21/h3-5,7-8,11-16,18-19,25-26,28,35H,6,9-10,17H2,1-2H3,(H,33,36);1-14,16,22H,15H2,(H,27,29,31);5-14H,1-4H3,(H,25,27,29);4-11,13H,12H2,1-3H3,(H,24,26,28). The number of nitrogens with one attached hydrogen (secondary N) is 4. The molecular formula is C100H95F4N15O5S3. The summed E-state index contributed by atoms with van der Waals surface area (Å²) in [5.74, 6) is -1.61. The van der Waals surface area contributed by atoms with Crippen LogP contribution in [0.15, 0.2) is 284 Å². The molecule has 1 aliphatic rings. The number of hydrogen-bond donors (Lipinski definition) is 5. The Labute approximate surface area is 744 Å². The van der Waals surface area contributed by atoms with Crippen molar-refractivity contribution in [1.29, 1.82) is 0 Å². The van der Waals surface area contributed by atoms with Crippen LogP contribution in [0.1, 0.15) is 132 Å². The van der Waals surface area contributed by atoms with E-state index in [4.69, 9.17) is 0 Å². The Hall–Kier alpha value is -13.5. The number of fused-ring (bicyclic) bond motifs is 4. The van der Waals surface area contributed by atoms with Crippen LogP contribution in [-0.2, 0) is 37.4 Å². The Morgan fingerprint density at radius 1 is 0.457 bits per heavy atom.